The van der Waals surface area contributed by atoms with Crippen LogP contribution in [0.3, 0.4) is 0 Å². The van der Waals surface area contributed by atoms with Crippen LogP contribution in [0.25, 0.3) is 11.4 Å². The molecule has 0 saturated carbocycles. The average Bonchev–Trinajstić information content (AvgIpc) is 2.61. The van der Waals surface area contributed by atoms with Gasteiger partial charge in [0.25, 0.3) is 5.56 Å². The third-order valence-corrected chi connectivity index (χ3v) is 4.53. The second-order valence-corrected chi connectivity index (χ2v) is 6.07. The lowest BCUT2D eigenvalue weighted by Crippen LogP contribution is -2.52. The molecule has 1 unspecified atom stereocenters. The molecule has 0 spiro atoms. The van der Waals surface area contributed by atoms with E-state index in [-0.39, 0.29) is 17.6 Å². The zero-order valence-electron chi connectivity index (χ0n) is 14.1. The molecular weight excluding hydrogens is 324 g/mol. The molecule has 0 bridgehead atoms. The highest BCUT2D eigenvalue weighted by atomic mass is 16.4. The maximum absolute atomic E-state index is 12.3. The molecule has 1 amide bonds. The SMILES string of the molecule is CC1[C@H](Nc2nc(-c3ccncn3)cc(=O)n2C)CCCN1C(=O)O. The number of carboxylic acid groups (broad SMARTS) is 1. The first-order chi connectivity index (χ1) is 12.0. The fourth-order valence-electron chi connectivity index (χ4n) is 3.01. The highest BCUT2D eigenvalue weighted by molar-refractivity contribution is 5.65. The predicted molar refractivity (Wildman–Crippen MR) is 91.3 cm³/mol. The Morgan fingerprint density at radius 1 is 1.40 bits per heavy atom. The van der Waals surface area contributed by atoms with Crippen LogP contribution >= 0.6 is 0 Å². The monoisotopic (exact) mass is 344 g/mol. The van der Waals surface area contributed by atoms with Gasteiger partial charge in [-0.3, -0.25) is 9.36 Å². The van der Waals surface area contributed by atoms with E-state index < -0.39 is 6.09 Å². The second kappa shape index (κ2) is 6.88. The normalized spacial score (nSPS) is 20.3. The number of likely N-dealkylation sites (tertiary alicyclic amines) is 1. The van der Waals surface area contributed by atoms with E-state index in [9.17, 15) is 14.7 Å². The summed E-state index contributed by atoms with van der Waals surface area (Å²) in [6.07, 6.45) is 3.61. The van der Waals surface area contributed by atoms with E-state index in [1.165, 1.54) is 21.9 Å². The number of anilines is 1. The van der Waals surface area contributed by atoms with Gasteiger partial charge in [0.1, 0.15) is 6.33 Å². The van der Waals surface area contributed by atoms with Gasteiger partial charge < -0.3 is 15.3 Å². The number of hydrogen-bond acceptors (Lipinski definition) is 6. The molecule has 0 radical (unpaired) electrons. The van der Waals surface area contributed by atoms with Crippen molar-refractivity contribution in [1.82, 2.24) is 24.4 Å². The van der Waals surface area contributed by atoms with Crippen LogP contribution in [0.1, 0.15) is 19.8 Å². The Labute approximate surface area is 144 Å². The summed E-state index contributed by atoms with van der Waals surface area (Å²) in [6, 6.07) is 2.76. The molecule has 1 aliphatic rings. The van der Waals surface area contributed by atoms with Gasteiger partial charge in [0.2, 0.25) is 5.95 Å². The van der Waals surface area contributed by atoms with Crippen molar-refractivity contribution < 1.29 is 9.90 Å². The molecule has 0 aromatic carbocycles. The van der Waals surface area contributed by atoms with Crippen LogP contribution in [0, 0.1) is 0 Å². The minimum Gasteiger partial charge on any atom is -0.465 e. The van der Waals surface area contributed by atoms with E-state index in [0.29, 0.717) is 23.9 Å². The van der Waals surface area contributed by atoms with Gasteiger partial charge in [-0.2, -0.15) is 0 Å². The number of aromatic nitrogens is 4. The second-order valence-electron chi connectivity index (χ2n) is 6.07. The van der Waals surface area contributed by atoms with Gasteiger partial charge in [0, 0.05) is 31.9 Å². The lowest BCUT2D eigenvalue weighted by atomic mass is 9.98. The molecule has 0 aliphatic carbocycles. The Balaban J connectivity index is 1.91. The van der Waals surface area contributed by atoms with Crippen molar-refractivity contribution in [3.05, 3.63) is 35.0 Å². The Hall–Kier alpha value is -2.97. The quantitative estimate of drug-likeness (QED) is 0.859. The van der Waals surface area contributed by atoms with Crippen LogP contribution in [0.5, 0.6) is 0 Å². The van der Waals surface area contributed by atoms with Crippen molar-refractivity contribution in [2.45, 2.75) is 31.8 Å². The van der Waals surface area contributed by atoms with E-state index in [4.69, 9.17) is 0 Å². The zero-order valence-corrected chi connectivity index (χ0v) is 14.1. The molecule has 25 heavy (non-hydrogen) atoms. The van der Waals surface area contributed by atoms with Crippen LogP contribution in [-0.4, -0.2) is 54.2 Å². The standard InChI is InChI=1S/C16H20N6O3/c1-10-11(4-3-7-22(10)16(24)25)19-15-20-13(8-14(23)21(15)2)12-5-6-17-9-18-12/h5-6,8-11H,3-4,7H2,1-2H3,(H,19,20)(H,24,25)/t10?,11-/m1/s1. The number of carbonyl (C=O) groups is 1. The first kappa shape index (κ1) is 16.9. The molecule has 132 valence electrons. The zero-order chi connectivity index (χ0) is 18.0. The number of hydrogen-bond donors (Lipinski definition) is 2. The van der Waals surface area contributed by atoms with Gasteiger partial charge in [-0.15, -0.1) is 0 Å². The van der Waals surface area contributed by atoms with Crippen LogP contribution in [0.15, 0.2) is 29.5 Å². The smallest absolute Gasteiger partial charge is 0.407 e. The van der Waals surface area contributed by atoms with Crippen LogP contribution in [0.4, 0.5) is 10.7 Å². The third kappa shape index (κ3) is 3.44. The summed E-state index contributed by atoms with van der Waals surface area (Å²) in [5.41, 5.74) is 0.788. The molecule has 9 heteroatoms. The number of nitrogens with zero attached hydrogens (tertiary/aromatic N) is 5. The summed E-state index contributed by atoms with van der Waals surface area (Å²) in [5.74, 6) is 0.394. The highest BCUT2D eigenvalue weighted by Gasteiger charge is 2.31. The molecule has 1 fully saturated rings. The summed E-state index contributed by atoms with van der Waals surface area (Å²) in [5, 5.41) is 12.5. The fourth-order valence-corrected chi connectivity index (χ4v) is 3.01. The summed E-state index contributed by atoms with van der Waals surface area (Å²) in [4.78, 5) is 37.5. The van der Waals surface area contributed by atoms with Crippen LogP contribution in [-0.2, 0) is 7.05 Å². The lowest BCUT2D eigenvalue weighted by Gasteiger charge is -2.38. The van der Waals surface area contributed by atoms with Gasteiger partial charge in [0.15, 0.2) is 0 Å². The molecule has 3 rings (SSSR count). The van der Waals surface area contributed by atoms with Crippen molar-refractivity contribution in [2.24, 2.45) is 7.05 Å². The Bertz CT molecular complexity index is 822. The Morgan fingerprint density at radius 2 is 2.20 bits per heavy atom. The minimum absolute atomic E-state index is 0.122. The summed E-state index contributed by atoms with van der Waals surface area (Å²) in [7, 11) is 1.63. The van der Waals surface area contributed by atoms with E-state index in [1.807, 2.05) is 6.92 Å². The van der Waals surface area contributed by atoms with Gasteiger partial charge in [-0.05, 0) is 25.8 Å². The molecule has 2 aromatic heterocycles. The summed E-state index contributed by atoms with van der Waals surface area (Å²) < 4.78 is 1.41. The van der Waals surface area contributed by atoms with E-state index in [1.54, 1.807) is 19.3 Å². The Morgan fingerprint density at radius 3 is 2.88 bits per heavy atom. The van der Waals surface area contributed by atoms with Crippen molar-refractivity contribution in [1.29, 1.82) is 0 Å². The maximum atomic E-state index is 12.3. The van der Waals surface area contributed by atoms with Gasteiger partial charge >= 0.3 is 6.09 Å². The van der Waals surface area contributed by atoms with Crippen molar-refractivity contribution in [3.8, 4) is 11.4 Å². The minimum atomic E-state index is -0.935. The van der Waals surface area contributed by atoms with E-state index >= 15 is 0 Å². The molecular formula is C16H20N6O3. The highest BCUT2D eigenvalue weighted by Crippen LogP contribution is 2.21. The van der Waals surface area contributed by atoms with Crippen LogP contribution in [0.2, 0.25) is 0 Å². The number of nitrogens with one attached hydrogen (secondary N) is 1. The first-order valence-corrected chi connectivity index (χ1v) is 8.08. The van der Waals surface area contributed by atoms with Crippen molar-refractivity contribution in [3.63, 3.8) is 0 Å². The molecule has 1 aliphatic heterocycles. The predicted octanol–water partition coefficient (Wildman–Crippen LogP) is 1.18. The molecule has 2 aromatic rings. The lowest BCUT2D eigenvalue weighted by molar-refractivity contribution is 0.107. The average molecular weight is 344 g/mol. The van der Waals surface area contributed by atoms with E-state index in [0.717, 1.165) is 12.8 Å². The van der Waals surface area contributed by atoms with Gasteiger partial charge in [-0.25, -0.2) is 19.7 Å². The molecule has 2 N–H and O–H groups in total. The molecule has 9 nitrogen and oxygen atoms in total. The maximum Gasteiger partial charge on any atom is 0.407 e. The molecule has 3 heterocycles. The fraction of sp³-hybridized carbons (Fsp3) is 0.438. The summed E-state index contributed by atoms with van der Waals surface area (Å²) >= 11 is 0. The van der Waals surface area contributed by atoms with Gasteiger partial charge in [-0.1, -0.05) is 0 Å². The van der Waals surface area contributed by atoms with Crippen molar-refractivity contribution >= 4 is 12.0 Å². The van der Waals surface area contributed by atoms with Crippen molar-refractivity contribution in [2.75, 3.05) is 11.9 Å². The first-order valence-electron chi connectivity index (χ1n) is 8.08. The molecule has 1 saturated heterocycles. The van der Waals surface area contributed by atoms with Crippen LogP contribution < -0.4 is 10.9 Å². The number of rotatable bonds is 3. The molecule has 2 atom stereocenters. The largest absolute Gasteiger partial charge is 0.465 e. The van der Waals surface area contributed by atoms with Gasteiger partial charge in [0.05, 0.1) is 17.4 Å². The summed E-state index contributed by atoms with van der Waals surface area (Å²) in [6.45, 7) is 2.37. The number of amides is 1. The Kier molecular flexibility index (Phi) is 4.64. The van der Waals surface area contributed by atoms with E-state index in [2.05, 4.69) is 20.3 Å². The number of piperidine rings is 1. The third-order valence-electron chi connectivity index (χ3n) is 4.53. The topological polar surface area (TPSA) is 113 Å².